The highest BCUT2D eigenvalue weighted by Gasteiger charge is 2.32. The number of phenols is 1. The highest BCUT2D eigenvalue weighted by molar-refractivity contribution is 7.92. The number of ether oxygens (including phenoxy) is 1. The van der Waals surface area contributed by atoms with Gasteiger partial charge in [0.1, 0.15) is 11.5 Å². The average molecular weight is 684 g/mol. The molecular formula is C39H45N3O6S. The number of nitrogens with one attached hydrogen (secondary N) is 2. The van der Waals surface area contributed by atoms with Crippen molar-refractivity contribution in [2.45, 2.75) is 96.8 Å². The van der Waals surface area contributed by atoms with E-state index in [-0.39, 0.29) is 50.5 Å². The maximum Gasteiger partial charge on any atom is 0.258 e. The van der Waals surface area contributed by atoms with Gasteiger partial charge in [-0.2, -0.15) is 0 Å². The first-order valence-corrected chi connectivity index (χ1v) is 19.1. The molecule has 0 radical (unpaired) electrons. The zero-order chi connectivity index (χ0) is 34.8. The van der Waals surface area contributed by atoms with Crippen LogP contribution in [0.5, 0.6) is 17.2 Å². The Labute approximate surface area is 288 Å². The van der Waals surface area contributed by atoms with Crippen LogP contribution in [-0.2, 0) is 10.0 Å². The SMILES string of the molecule is [C-]#[N+]c1c2c3c(c(O)cc(Oc4ccc(NS(=O)(=O)CCCCCCCCCCCCCCCC)cc4)c3[nH]c1=O)C(=O)c1ccccc1-2. The molecule has 0 bridgehead atoms. The van der Waals surface area contributed by atoms with Gasteiger partial charge in [0, 0.05) is 28.3 Å². The smallest absolute Gasteiger partial charge is 0.258 e. The highest BCUT2D eigenvalue weighted by atomic mass is 32.2. The maximum absolute atomic E-state index is 13.4. The molecular weight excluding hydrogens is 639 g/mol. The van der Waals surface area contributed by atoms with Gasteiger partial charge in [0.05, 0.1) is 23.4 Å². The molecule has 1 aliphatic rings. The van der Waals surface area contributed by atoms with Crippen molar-refractivity contribution in [1.82, 2.24) is 4.98 Å². The number of anilines is 1. The fraction of sp³-hybridized carbons (Fsp3) is 0.410. The predicted octanol–water partition coefficient (Wildman–Crippen LogP) is 10.0. The summed E-state index contributed by atoms with van der Waals surface area (Å²) in [4.78, 5) is 32.5. The summed E-state index contributed by atoms with van der Waals surface area (Å²) in [5.74, 6) is -0.344. The number of benzene rings is 3. The highest BCUT2D eigenvalue weighted by Crippen LogP contribution is 2.48. The molecule has 258 valence electrons. The topological polar surface area (TPSA) is 130 Å². The normalized spacial score (nSPS) is 12.1. The molecule has 3 N–H and O–H groups in total. The quantitative estimate of drug-likeness (QED) is 0.0587. The monoisotopic (exact) mass is 683 g/mol. The molecule has 1 heterocycles. The lowest BCUT2D eigenvalue weighted by molar-refractivity contribution is 0.103. The van der Waals surface area contributed by atoms with Crippen LogP contribution in [0.15, 0.2) is 59.4 Å². The second-order valence-electron chi connectivity index (χ2n) is 12.8. The minimum absolute atomic E-state index is 0.0132. The number of H-pyrrole nitrogens is 1. The second-order valence-corrected chi connectivity index (χ2v) is 14.7. The van der Waals surface area contributed by atoms with Gasteiger partial charge in [0.25, 0.3) is 11.2 Å². The number of rotatable bonds is 19. The van der Waals surface area contributed by atoms with E-state index in [9.17, 15) is 23.1 Å². The number of sulfonamides is 1. The van der Waals surface area contributed by atoms with Gasteiger partial charge in [0.15, 0.2) is 11.5 Å². The first-order valence-electron chi connectivity index (χ1n) is 17.5. The fourth-order valence-corrected chi connectivity index (χ4v) is 7.75. The summed E-state index contributed by atoms with van der Waals surface area (Å²) in [6.45, 7) is 9.89. The summed E-state index contributed by atoms with van der Waals surface area (Å²) in [7, 11) is -3.52. The van der Waals surface area contributed by atoms with Gasteiger partial charge in [-0.15, -0.1) is 0 Å². The Morgan fingerprint density at radius 1 is 0.796 bits per heavy atom. The van der Waals surface area contributed by atoms with Gasteiger partial charge in [-0.3, -0.25) is 14.3 Å². The van der Waals surface area contributed by atoms with Crippen LogP contribution in [0.25, 0.3) is 26.9 Å². The summed E-state index contributed by atoms with van der Waals surface area (Å²) in [5, 5.41) is 11.2. The number of unbranched alkanes of at least 4 members (excludes halogenated alkanes) is 13. The van der Waals surface area contributed by atoms with Crippen LogP contribution < -0.4 is 15.0 Å². The zero-order valence-electron chi connectivity index (χ0n) is 28.1. The summed E-state index contributed by atoms with van der Waals surface area (Å²) >= 11 is 0. The van der Waals surface area contributed by atoms with Crippen LogP contribution in [0.4, 0.5) is 11.4 Å². The van der Waals surface area contributed by atoms with E-state index in [1.165, 1.54) is 70.3 Å². The van der Waals surface area contributed by atoms with Gasteiger partial charge < -0.3 is 14.8 Å². The number of aromatic hydroxyl groups is 1. The molecule has 4 aromatic rings. The molecule has 0 spiro atoms. The molecule has 10 heteroatoms. The first kappa shape index (κ1) is 35.7. The van der Waals surface area contributed by atoms with Crippen molar-refractivity contribution in [1.29, 1.82) is 0 Å². The molecule has 0 fully saturated rings. The standard InChI is InChI=1S/C39H45N3O6S/c1-3-4-5-6-7-8-9-10-11-12-13-14-15-18-25-49(46,47)42-27-21-23-28(24-22-27)48-32-26-31(43)34-35-33(37(40-2)39(45)41-36(32)35)29-19-16-17-20-30(29)38(34)44/h16-17,19-24,26,42-43H,3-15,18,25H2,1H3,(H,41,45). The molecule has 5 rings (SSSR count). The molecule has 0 saturated heterocycles. The molecule has 9 nitrogen and oxygen atoms in total. The number of carbonyl (C=O) groups is 1. The summed E-state index contributed by atoms with van der Waals surface area (Å²) in [6.07, 6.45) is 16.8. The van der Waals surface area contributed by atoms with E-state index in [1.807, 2.05) is 0 Å². The Morgan fingerprint density at radius 3 is 1.96 bits per heavy atom. The minimum atomic E-state index is -3.52. The Bertz CT molecular complexity index is 1990. The van der Waals surface area contributed by atoms with Crippen molar-refractivity contribution in [3.8, 4) is 28.4 Å². The van der Waals surface area contributed by atoms with Gasteiger partial charge in [-0.05, 0) is 36.2 Å². The number of nitrogens with zero attached hydrogens (tertiary/aromatic N) is 1. The lowest BCUT2D eigenvalue weighted by Gasteiger charge is -2.22. The third-order valence-corrected chi connectivity index (χ3v) is 10.5. The number of aromatic amines is 1. The number of phenolic OH excluding ortho intramolecular Hbond substituents is 1. The van der Waals surface area contributed by atoms with E-state index in [1.54, 1.807) is 48.5 Å². The van der Waals surface area contributed by atoms with Crippen LogP contribution in [0, 0.1) is 6.57 Å². The van der Waals surface area contributed by atoms with Gasteiger partial charge >= 0.3 is 0 Å². The van der Waals surface area contributed by atoms with Crippen molar-refractivity contribution in [2.24, 2.45) is 0 Å². The maximum atomic E-state index is 13.4. The molecule has 49 heavy (non-hydrogen) atoms. The molecule has 0 atom stereocenters. The van der Waals surface area contributed by atoms with Crippen LogP contribution in [0.2, 0.25) is 0 Å². The van der Waals surface area contributed by atoms with Crippen molar-refractivity contribution in [2.75, 3.05) is 10.5 Å². The van der Waals surface area contributed by atoms with E-state index in [2.05, 4.69) is 21.5 Å². The Balaban J connectivity index is 1.15. The lowest BCUT2D eigenvalue weighted by Crippen LogP contribution is -2.16. The first-order chi connectivity index (χ1) is 23.7. The molecule has 3 aromatic carbocycles. The van der Waals surface area contributed by atoms with Crippen molar-refractivity contribution < 1.29 is 23.1 Å². The summed E-state index contributed by atoms with van der Waals surface area (Å²) < 4.78 is 34.1. The van der Waals surface area contributed by atoms with Gasteiger partial charge in [0.2, 0.25) is 10.0 Å². The molecule has 0 unspecified atom stereocenters. The zero-order valence-corrected chi connectivity index (χ0v) is 29.0. The van der Waals surface area contributed by atoms with E-state index in [0.717, 1.165) is 19.3 Å². The van der Waals surface area contributed by atoms with E-state index in [0.29, 0.717) is 23.4 Å². The summed E-state index contributed by atoms with van der Waals surface area (Å²) in [6, 6.07) is 14.2. The molecule has 0 amide bonds. The summed E-state index contributed by atoms with van der Waals surface area (Å²) in [5.41, 5.74) is 0.699. The molecule has 1 aliphatic carbocycles. The molecule has 0 saturated carbocycles. The number of aromatic nitrogens is 1. The Hall–Kier alpha value is -4.62. The number of ketones is 1. The average Bonchev–Trinajstić information content (AvgIpc) is 3.08. The third-order valence-electron chi connectivity index (χ3n) is 9.11. The number of hydrogen-bond acceptors (Lipinski definition) is 6. The largest absolute Gasteiger partial charge is 0.507 e. The number of carbonyl (C=O) groups excluding carboxylic acids is 1. The van der Waals surface area contributed by atoms with E-state index in [4.69, 9.17) is 11.3 Å². The van der Waals surface area contributed by atoms with E-state index >= 15 is 0 Å². The van der Waals surface area contributed by atoms with Crippen molar-refractivity contribution in [3.05, 3.63) is 87.5 Å². The van der Waals surface area contributed by atoms with Crippen molar-refractivity contribution >= 4 is 38.1 Å². The Kier molecular flexibility index (Phi) is 12.1. The van der Waals surface area contributed by atoms with Gasteiger partial charge in [-0.1, -0.05) is 115 Å². The van der Waals surface area contributed by atoms with Crippen molar-refractivity contribution in [3.63, 3.8) is 0 Å². The predicted molar refractivity (Wildman–Crippen MR) is 196 cm³/mol. The number of hydrogen-bond donors (Lipinski definition) is 3. The molecule has 0 aliphatic heterocycles. The number of pyridine rings is 1. The van der Waals surface area contributed by atoms with E-state index < -0.39 is 21.4 Å². The minimum Gasteiger partial charge on any atom is -0.507 e. The number of fused-ring (bicyclic) bond motifs is 2. The van der Waals surface area contributed by atoms with Crippen LogP contribution in [0.1, 0.15) is 113 Å². The van der Waals surface area contributed by atoms with Crippen LogP contribution in [-0.4, -0.2) is 30.0 Å². The third kappa shape index (κ3) is 8.70. The van der Waals surface area contributed by atoms with Crippen LogP contribution in [0.3, 0.4) is 0 Å². The second kappa shape index (κ2) is 16.7. The fourth-order valence-electron chi connectivity index (χ4n) is 6.57. The van der Waals surface area contributed by atoms with Crippen LogP contribution >= 0.6 is 0 Å². The lowest BCUT2D eigenvalue weighted by atomic mass is 9.83. The Morgan fingerprint density at radius 2 is 1.37 bits per heavy atom. The molecule has 1 aromatic heterocycles. The van der Waals surface area contributed by atoms with Gasteiger partial charge in [-0.25, -0.2) is 13.3 Å².